The molecule has 10 heteroatoms. The van der Waals surface area contributed by atoms with Crippen molar-refractivity contribution in [2.45, 2.75) is 31.0 Å². The van der Waals surface area contributed by atoms with Crippen LogP contribution < -0.4 is 17.2 Å². The van der Waals surface area contributed by atoms with Crippen LogP contribution in [0.1, 0.15) is 51.8 Å². The van der Waals surface area contributed by atoms with Crippen molar-refractivity contribution in [2.75, 3.05) is 13.1 Å². The minimum Gasteiger partial charge on any atom is -0.370 e. The summed E-state index contributed by atoms with van der Waals surface area (Å²) in [5.74, 6) is -2.16. The Kier molecular flexibility index (Phi) is 6.83. The topological polar surface area (TPSA) is 128 Å². The Morgan fingerprint density at radius 2 is 1.66 bits per heavy atom. The van der Waals surface area contributed by atoms with Crippen LogP contribution in [0.15, 0.2) is 53.5 Å². The van der Waals surface area contributed by atoms with E-state index >= 15 is 0 Å². The Bertz CT molecular complexity index is 1010. The lowest BCUT2D eigenvalue weighted by molar-refractivity contribution is -0.139. The summed E-state index contributed by atoms with van der Waals surface area (Å²) in [6, 6.07) is 11.4. The summed E-state index contributed by atoms with van der Waals surface area (Å²) in [7, 11) is 0. The molecule has 0 radical (unpaired) electrons. The number of likely N-dealkylation sites (tertiary alicyclic amines) is 1. The molecule has 1 saturated heterocycles. The number of rotatable bonds is 4. The minimum atomic E-state index is -4.66. The Hall–Kier alpha value is -3.40. The lowest BCUT2D eigenvalue weighted by Gasteiger charge is -2.34. The maximum atomic E-state index is 13.7. The first-order chi connectivity index (χ1) is 15.1. The van der Waals surface area contributed by atoms with Crippen molar-refractivity contribution in [1.82, 2.24) is 4.90 Å². The van der Waals surface area contributed by atoms with Gasteiger partial charge in [0.05, 0.1) is 5.56 Å². The summed E-state index contributed by atoms with van der Waals surface area (Å²) in [4.78, 5) is 29.6. The van der Waals surface area contributed by atoms with Crippen LogP contribution in [0.4, 0.5) is 13.2 Å². The standard InChI is InChI=1S/C22H24F3N5O2/c23-22(24,25)17-12-15(19(31)29-21(27)28)6-7-16(17)13-8-10-30(11-9-13)20(32)18(26)14-4-2-1-3-5-14/h1-7,12-13,18H,8-11,26H2,(H4,27,28,29,31)/t18-/m1/s1. The quantitative estimate of drug-likeness (QED) is 0.490. The normalized spacial score (nSPS) is 15.8. The second-order valence-corrected chi connectivity index (χ2v) is 7.63. The predicted octanol–water partition coefficient (Wildman–Crippen LogP) is 2.53. The second-order valence-electron chi connectivity index (χ2n) is 7.63. The molecule has 1 atom stereocenters. The fraction of sp³-hybridized carbons (Fsp3) is 0.318. The van der Waals surface area contributed by atoms with E-state index in [0.717, 1.165) is 6.07 Å². The molecule has 0 aliphatic carbocycles. The van der Waals surface area contributed by atoms with Crippen LogP contribution in [0.2, 0.25) is 0 Å². The zero-order chi connectivity index (χ0) is 23.5. The van der Waals surface area contributed by atoms with Gasteiger partial charge in [0.15, 0.2) is 5.96 Å². The summed E-state index contributed by atoms with van der Waals surface area (Å²) in [6.45, 7) is 0.575. The van der Waals surface area contributed by atoms with Gasteiger partial charge in [-0.3, -0.25) is 9.59 Å². The van der Waals surface area contributed by atoms with E-state index in [0.29, 0.717) is 18.4 Å². The number of hydrogen-bond acceptors (Lipinski definition) is 3. The average molecular weight is 447 g/mol. The molecule has 0 bridgehead atoms. The van der Waals surface area contributed by atoms with Crippen molar-refractivity contribution >= 4 is 17.8 Å². The lowest BCUT2D eigenvalue weighted by Crippen LogP contribution is -2.43. The molecule has 7 nitrogen and oxygen atoms in total. The summed E-state index contributed by atoms with van der Waals surface area (Å²) in [5, 5.41) is 0. The van der Waals surface area contributed by atoms with Crippen molar-refractivity contribution in [3.05, 3.63) is 70.8 Å². The number of hydrogen-bond donors (Lipinski definition) is 3. The Morgan fingerprint density at radius 1 is 1.03 bits per heavy atom. The molecule has 1 heterocycles. The monoisotopic (exact) mass is 447 g/mol. The number of guanidine groups is 1. The molecule has 1 aliphatic rings. The number of benzene rings is 2. The molecule has 0 spiro atoms. The van der Waals surface area contributed by atoms with Gasteiger partial charge in [-0.1, -0.05) is 36.4 Å². The van der Waals surface area contributed by atoms with Crippen LogP contribution in [-0.2, 0) is 11.0 Å². The minimum absolute atomic E-state index is 0.0817. The number of amides is 2. The van der Waals surface area contributed by atoms with Crippen molar-refractivity contribution in [3.8, 4) is 0 Å². The van der Waals surface area contributed by atoms with E-state index in [2.05, 4.69) is 4.99 Å². The molecule has 6 N–H and O–H groups in total. The van der Waals surface area contributed by atoms with E-state index in [1.807, 2.05) is 6.07 Å². The van der Waals surface area contributed by atoms with Crippen molar-refractivity contribution < 1.29 is 22.8 Å². The van der Waals surface area contributed by atoms with Crippen LogP contribution in [0, 0.1) is 0 Å². The first-order valence-electron chi connectivity index (χ1n) is 10.0. The van der Waals surface area contributed by atoms with Crippen LogP contribution in [-0.4, -0.2) is 35.8 Å². The fourth-order valence-corrected chi connectivity index (χ4v) is 3.88. The van der Waals surface area contributed by atoms with Crippen molar-refractivity contribution in [3.63, 3.8) is 0 Å². The lowest BCUT2D eigenvalue weighted by atomic mass is 9.85. The van der Waals surface area contributed by atoms with Gasteiger partial charge in [-0.15, -0.1) is 0 Å². The molecule has 170 valence electrons. The molecular weight excluding hydrogens is 423 g/mol. The molecule has 0 saturated carbocycles. The van der Waals surface area contributed by atoms with Gasteiger partial charge in [0, 0.05) is 18.7 Å². The molecule has 3 rings (SSSR count). The third kappa shape index (κ3) is 5.25. The summed E-state index contributed by atoms with van der Waals surface area (Å²) in [6.07, 6.45) is -3.97. The van der Waals surface area contributed by atoms with Crippen molar-refractivity contribution in [2.24, 2.45) is 22.2 Å². The van der Waals surface area contributed by atoms with Gasteiger partial charge in [0.1, 0.15) is 6.04 Å². The zero-order valence-corrected chi connectivity index (χ0v) is 17.2. The van der Waals surface area contributed by atoms with Crippen molar-refractivity contribution in [1.29, 1.82) is 0 Å². The van der Waals surface area contributed by atoms with Gasteiger partial charge in [0.25, 0.3) is 5.91 Å². The predicted molar refractivity (Wildman–Crippen MR) is 114 cm³/mol. The van der Waals surface area contributed by atoms with Crippen LogP contribution >= 0.6 is 0 Å². The van der Waals surface area contributed by atoms with Gasteiger partial charge >= 0.3 is 6.18 Å². The van der Waals surface area contributed by atoms with E-state index in [4.69, 9.17) is 17.2 Å². The van der Waals surface area contributed by atoms with Gasteiger partial charge in [-0.25, -0.2) is 0 Å². The first-order valence-corrected chi connectivity index (χ1v) is 10.0. The Morgan fingerprint density at radius 3 is 2.22 bits per heavy atom. The number of carbonyl (C=O) groups excluding carboxylic acids is 2. The largest absolute Gasteiger partial charge is 0.416 e. The SMILES string of the molecule is NC(N)=NC(=O)c1ccc(C2CCN(C(=O)[C@H](N)c3ccccc3)CC2)c(C(F)(F)F)c1. The van der Waals surface area contributed by atoms with Gasteiger partial charge in [-0.05, 0) is 42.0 Å². The van der Waals surface area contributed by atoms with E-state index < -0.39 is 35.6 Å². The second kappa shape index (κ2) is 9.39. The Balaban J connectivity index is 1.76. The molecule has 2 aromatic carbocycles. The molecule has 2 amide bonds. The number of alkyl halides is 3. The first kappa shape index (κ1) is 23.3. The summed E-state index contributed by atoms with van der Waals surface area (Å²) < 4.78 is 41.2. The van der Waals surface area contributed by atoms with E-state index in [1.165, 1.54) is 12.1 Å². The highest BCUT2D eigenvalue weighted by Gasteiger charge is 2.37. The third-order valence-electron chi connectivity index (χ3n) is 5.51. The highest BCUT2D eigenvalue weighted by molar-refractivity contribution is 6.02. The smallest absolute Gasteiger partial charge is 0.370 e. The van der Waals surface area contributed by atoms with E-state index in [-0.39, 0.29) is 30.1 Å². The number of carbonyl (C=O) groups is 2. The molecule has 1 fully saturated rings. The van der Waals surface area contributed by atoms with E-state index in [1.54, 1.807) is 29.2 Å². The third-order valence-corrected chi connectivity index (χ3v) is 5.51. The maximum absolute atomic E-state index is 13.7. The molecule has 2 aromatic rings. The zero-order valence-electron chi connectivity index (χ0n) is 17.2. The number of piperidine rings is 1. The fourth-order valence-electron chi connectivity index (χ4n) is 3.88. The van der Waals surface area contributed by atoms with Gasteiger partial charge in [0.2, 0.25) is 5.91 Å². The number of aliphatic imine (C=N–C) groups is 1. The molecule has 32 heavy (non-hydrogen) atoms. The highest BCUT2D eigenvalue weighted by Crippen LogP contribution is 2.39. The Labute approximate surface area is 183 Å². The van der Waals surface area contributed by atoms with E-state index in [9.17, 15) is 22.8 Å². The van der Waals surface area contributed by atoms with Gasteiger partial charge < -0.3 is 22.1 Å². The number of nitrogens with two attached hydrogens (primary N) is 3. The number of halogens is 3. The van der Waals surface area contributed by atoms with Gasteiger partial charge in [-0.2, -0.15) is 18.2 Å². The molecular formula is C22H24F3N5O2. The highest BCUT2D eigenvalue weighted by atomic mass is 19.4. The maximum Gasteiger partial charge on any atom is 0.416 e. The summed E-state index contributed by atoms with van der Waals surface area (Å²) >= 11 is 0. The van der Waals surface area contributed by atoms with Crippen LogP contribution in [0.25, 0.3) is 0 Å². The van der Waals surface area contributed by atoms with Crippen LogP contribution in [0.5, 0.6) is 0 Å². The molecule has 0 aromatic heterocycles. The molecule has 1 aliphatic heterocycles. The number of nitrogens with zero attached hydrogens (tertiary/aromatic N) is 2. The molecule has 0 unspecified atom stereocenters. The van der Waals surface area contributed by atoms with Crippen LogP contribution in [0.3, 0.4) is 0 Å². The summed E-state index contributed by atoms with van der Waals surface area (Å²) in [5.41, 5.74) is 16.0. The average Bonchev–Trinajstić information content (AvgIpc) is 2.77.